The zero-order valence-corrected chi connectivity index (χ0v) is 15.7. The Kier molecular flexibility index (Phi) is 6.89. The van der Waals surface area contributed by atoms with Gasteiger partial charge in [-0.1, -0.05) is 42.5 Å². The van der Waals surface area contributed by atoms with Gasteiger partial charge in [0.15, 0.2) is 0 Å². The normalized spacial score (nSPS) is 15.6. The van der Waals surface area contributed by atoms with Gasteiger partial charge in [0.1, 0.15) is 0 Å². The van der Waals surface area contributed by atoms with Crippen molar-refractivity contribution in [2.24, 2.45) is 0 Å². The monoisotopic (exact) mass is 380 g/mol. The summed E-state index contributed by atoms with van der Waals surface area (Å²) in [6.45, 7) is 4.75. The Morgan fingerprint density at radius 1 is 1.00 bits per heavy atom. The fourth-order valence-corrected chi connectivity index (χ4v) is 3.10. The quantitative estimate of drug-likeness (QED) is 0.590. The Bertz CT molecular complexity index is 813. The van der Waals surface area contributed by atoms with Gasteiger partial charge in [0, 0.05) is 50.5 Å². The van der Waals surface area contributed by atoms with E-state index in [-0.39, 0.29) is 11.6 Å². The summed E-state index contributed by atoms with van der Waals surface area (Å²) in [5.41, 5.74) is 1.78. The highest BCUT2D eigenvalue weighted by Crippen LogP contribution is 2.15. The molecule has 2 aromatic carbocycles. The number of anilines is 1. The molecule has 28 heavy (non-hydrogen) atoms. The largest absolute Gasteiger partial charge is 0.325 e. The smallest absolute Gasteiger partial charge is 0.269 e. The van der Waals surface area contributed by atoms with Crippen molar-refractivity contribution in [3.05, 3.63) is 76.4 Å². The number of piperazine rings is 1. The topological polar surface area (TPSA) is 78.7 Å². The third-order valence-corrected chi connectivity index (χ3v) is 4.67. The van der Waals surface area contributed by atoms with E-state index in [1.54, 1.807) is 12.1 Å². The first-order valence-electron chi connectivity index (χ1n) is 9.31. The summed E-state index contributed by atoms with van der Waals surface area (Å²) < 4.78 is 0. The molecule has 1 fully saturated rings. The summed E-state index contributed by atoms with van der Waals surface area (Å²) in [6, 6.07) is 16.1. The fraction of sp³-hybridized carbons (Fsp3) is 0.286. The molecule has 0 atom stereocenters. The molecule has 1 heterocycles. The van der Waals surface area contributed by atoms with Gasteiger partial charge in [0.2, 0.25) is 5.91 Å². The molecule has 0 aromatic heterocycles. The van der Waals surface area contributed by atoms with E-state index in [2.05, 4.69) is 39.4 Å². The van der Waals surface area contributed by atoms with Gasteiger partial charge in [-0.2, -0.15) is 0 Å². The van der Waals surface area contributed by atoms with E-state index < -0.39 is 4.92 Å². The average molecular weight is 380 g/mol. The van der Waals surface area contributed by atoms with Crippen LogP contribution in [0, 0.1) is 10.1 Å². The lowest BCUT2D eigenvalue weighted by Gasteiger charge is -2.33. The molecular weight excluding hydrogens is 356 g/mol. The molecule has 0 saturated carbocycles. The molecule has 1 aliphatic rings. The highest BCUT2D eigenvalue weighted by atomic mass is 16.6. The van der Waals surface area contributed by atoms with Gasteiger partial charge in [-0.25, -0.2) is 0 Å². The van der Waals surface area contributed by atoms with E-state index in [1.807, 2.05) is 18.2 Å². The second-order valence-corrected chi connectivity index (χ2v) is 6.74. The van der Waals surface area contributed by atoms with Gasteiger partial charge < -0.3 is 5.32 Å². The van der Waals surface area contributed by atoms with Crippen LogP contribution in [0.2, 0.25) is 0 Å². The summed E-state index contributed by atoms with van der Waals surface area (Å²) in [5, 5.41) is 13.5. The molecule has 0 spiro atoms. The van der Waals surface area contributed by atoms with Gasteiger partial charge in [-0.15, -0.1) is 0 Å². The standard InChI is InChI=1S/C21H24N4O3/c26-21(22-19-8-10-20(11-9-19)25(27)28)17-24-15-13-23(14-16-24)12-4-7-18-5-2-1-3-6-18/h1-11H,12-17H2,(H,22,26)/b7-4+. The van der Waals surface area contributed by atoms with Crippen LogP contribution in [-0.2, 0) is 4.79 Å². The molecule has 7 nitrogen and oxygen atoms in total. The molecule has 0 unspecified atom stereocenters. The molecule has 7 heteroatoms. The summed E-state index contributed by atoms with van der Waals surface area (Å²) in [5.74, 6) is -0.105. The second-order valence-electron chi connectivity index (χ2n) is 6.74. The number of hydrogen-bond acceptors (Lipinski definition) is 5. The van der Waals surface area contributed by atoms with Crippen molar-refractivity contribution >= 4 is 23.4 Å². The molecule has 1 aliphatic heterocycles. The number of non-ortho nitro benzene ring substituents is 1. The number of carbonyl (C=O) groups excluding carboxylic acids is 1. The number of nitrogens with zero attached hydrogens (tertiary/aromatic N) is 3. The van der Waals surface area contributed by atoms with Gasteiger partial charge in [-0.3, -0.25) is 24.7 Å². The van der Waals surface area contributed by atoms with E-state index in [0.29, 0.717) is 12.2 Å². The lowest BCUT2D eigenvalue weighted by Crippen LogP contribution is -2.48. The molecule has 1 saturated heterocycles. The molecule has 1 N–H and O–H groups in total. The Morgan fingerprint density at radius 3 is 2.29 bits per heavy atom. The van der Waals surface area contributed by atoms with Crippen molar-refractivity contribution in [1.29, 1.82) is 0 Å². The van der Waals surface area contributed by atoms with Crippen LogP contribution in [0.4, 0.5) is 11.4 Å². The fourth-order valence-electron chi connectivity index (χ4n) is 3.10. The number of hydrogen-bond donors (Lipinski definition) is 1. The van der Waals surface area contributed by atoms with Crippen LogP contribution in [0.25, 0.3) is 6.08 Å². The van der Waals surface area contributed by atoms with Crippen molar-refractivity contribution in [3.8, 4) is 0 Å². The van der Waals surface area contributed by atoms with Crippen LogP contribution in [0.3, 0.4) is 0 Å². The van der Waals surface area contributed by atoms with E-state index in [4.69, 9.17) is 0 Å². The summed E-state index contributed by atoms with van der Waals surface area (Å²) >= 11 is 0. The lowest BCUT2D eigenvalue weighted by atomic mass is 10.2. The van der Waals surface area contributed by atoms with Crippen molar-refractivity contribution in [2.75, 3.05) is 44.6 Å². The van der Waals surface area contributed by atoms with Crippen LogP contribution in [0.1, 0.15) is 5.56 Å². The second kappa shape index (κ2) is 9.77. The van der Waals surface area contributed by atoms with Gasteiger partial charge in [0.25, 0.3) is 5.69 Å². The first kappa shape index (κ1) is 19.7. The van der Waals surface area contributed by atoms with Crippen molar-refractivity contribution in [2.45, 2.75) is 0 Å². The number of nitro benzene ring substituents is 1. The van der Waals surface area contributed by atoms with Crippen LogP contribution in [0.15, 0.2) is 60.7 Å². The molecule has 0 bridgehead atoms. The van der Waals surface area contributed by atoms with E-state index in [0.717, 1.165) is 32.7 Å². The average Bonchev–Trinajstić information content (AvgIpc) is 2.70. The summed E-state index contributed by atoms with van der Waals surface area (Å²) in [6.07, 6.45) is 4.30. The minimum absolute atomic E-state index is 0.00966. The maximum Gasteiger partial charge on any atom is 0.269 e. The Morgan fingerprint density at radius 2 is 1.64 bits per heavy atom. The zero-order valence-electron chi connectivity index (χ0n) is 15.7. The third kappa shape index (κ3) is 6.00. The van der Waals surface area contributed by atoms with Crippen LogP contribution >= 0.6 is 0 Å². The minimum Gasteiger partial charge on any atom is -0.325 e. The number of carbonyl (C=O) groups is 1. The highest BCUT2D eigenvalue weighted by molar-refractivity contribution is 5.92. The van der Waals surface area contributed by atoms with E-state index >= 15 is 0 Å². The molecule has 1 amide bonds. The minimum atomic E-state index is -0.458. The van der Waals surface area contributed by atoms with Crippen molar-refractivity contribution in [3.63, 3.8) is 0 Å². The third-order valence-electron chi connectivity index (χ3n) is 4.67. The highest BCUT2D eigenvalue weighted by Gasteiger charge is 2.18. The summed E-state index contributed by atoms with van der Waals surface area (Å²) in [7, 11) is 0. The molecule has 0 aliphatic carbocycles. The van der Waals surface area contributed by atoms with Gasteiger partial charge >= 0.3 is 0 Å². The number of rotatable bonds is 7. The molecule has 146 valence electrons. The predicted molar refractivity (Wildman–Crippen MR) is 110 cm³/mol. The van der Waals surface area contributed by atoms with Gasteiger partial charge in [-0.05, 0) is 17.7 Å². The number of nitro groups is 1. The van der Waals surface area contributed by atoms with Crippen molar-refractivity contribution < 1.29 is 9.72 Å². The Labute approximate surface area is 164 Å². The first-order chi connectivity index (χ1) is 13.6. The van der Waals surface area contributed by atoms with Crippen molar-refractivity contribution in [1.82, 2.24) is 9.80 Å². The SMILES string of the molecule is O=C(CN1CCN(C/C=C/c2ccccc2)CC1)Nc1ccc([N+](=O)[O-])cc1. The molecule has 3 rings (SSSR count). The Balaban J connectivity index is 1.38. The van der Waals surface area contributed by atoms with Crippen LogP contribution in [0.5, 0.6) is 0 Å². The first-order valence-corrected chi connectivity index (χ1v) is 9.31. The van der Waals surface area contributed by atoms with E-state index in [1.165, 1.54) is 17.7 Å². The number of amides is 1. The van der Waals surface area contributed by atoms with E-state index in [9.17, 15) is 14.9 Å². The van der Waals surface area contributed by atoms with Crippen LogP contribution < -0.4 is 5.32 Å². The maximum atomic E-state index is 12.2. The maximum absolute atomic E-state index is 12.2. The zero-order chi connectivity index (χ0) is 19.8. The molecule has 2 aromatic rings. The number of benzene rings is 2. The predicted octanol–water partition coefficient (Wildman–Crippen LogP) is 2.86. The Hall–Kier alpha value is -3.03. The summed E-state index contributed by atoms with van der Waals surface area (Å²) in [4.78, 5) is 26.9. The lowest BCUT2D eigenvalue weighted by molar-refractivity contribution is -0.384. The number of nitrogens with one attached hydrogen (secondary N) is 1. The van der Waals surface area contributed by atoms with Gasteiger partial charge in [0.05, 0.1) is 11.5 Å². The molecule has 0 radical (unpaired) electrons. The van der Waals surface area contributed by atoms with Crippen LogP contribution in [-0.4, -0.2) is 59.9 Å². The molecular formula is C21H24N4O3.